The van der Waals surface area contributed by atoms with E-state index in [0.29, 0.717) is 18.8 Å². The van der Waals surface area contributed by atoms with Gasteiger partial charge < -0.3 is 19.7 Å². The van der Waals surface area contributed by atoms with Crippen molar-refractivity contribution in [2.75, 3.05) is 26.2 Å². The molecule has 3 rings (SSSR count). The zero-order valence-corrected chi connectivity index (χ0v) is 17.3. The Morgan fingerprint density at radius 3 is 2.24 bits per heavy atom. The Kier molecular flexibility index (Phi) is 8.70. The molecule has 2 aromatic carbocycles. The molecule has 1 saturated heterocycles. The largest absolute Gasteiger partial charge is 0.493 e. The number of carboxylic acids is 2. The Morgan fingerprint density at radius 2 is 1.66 bits per heavy atom. The molecule has 1 aliphatic heterocycles. The third kappa shape index (κ3) is 7.20. The molecule has 29 heavy (non-hydrogen) atoms. The third-order valence-corrected chi connectivity index (χ3v) is 4.71. The van der Waals surface area contributed by atoms with E-state index in [1.807, 2.05) is 30.3 Å². The summed E-state index contributed by atoms with van der Waals surface area (Å²) in [5.41, 5.74) is 0. The number of morpholine rings is 1. The number of fused-ring (bicyclic) bond motifs is 1. The molecule has 1 heterocycles. The summed E-state index contributed by atoms with van der Waals surface area (Å²) in [5.74, 6) is -2.74. The van der Waals surface area contributed by atoms with Gasteiger partial charge in [0.1, 0.15) is 5.75 Å². The number of hydrogen-bond acceptors (Lipinski definition) is 5. The molecule has 8 heteroatoms. The standard InChI is InChI=1S/C19H24ClNO2.C2H2O4/c1-14-12-21(13-15(2)23-14)10-5-11-22-19-9-8-18(20)16-6-3-4-7-17(16)19;3-1(4)2(5)6/h3-4,6-9,14-15H,5,10-13H2,1-2H3;(H,3,4)(H,5,6). The van der Waals surface area contributed by atoms with E-state index in [-0.39, 0.29) is 0 Å². The lowest BCUT2D eigenvalue weighted by atomic mass is 10.1. The van der Waals surface area contributed by atoms with Crippen molar-refractivity contribution in [1.29, 1.82) is 0 Å². The van der Waals surface area contributed by atoms with Crippen molar-refractivity contribution in [2.24, 2.45) is 0 Å². The van der Waals surface area contributed by atoms with Gasteiger partial charge in [-0.05, 0) is 32.4 Å². The molecule has 2 unspecified atom stereocenters. The highest BCUT2D eigenvalue weighted by Gasteiger charge is 2.21. The van der Waals surface area contributed by atoms with Crippen LogP contribution in [0, 0.1) is 0 Å². The number of nitrogens with zero attached hydrogens (tertiary/aromatic N) is 1. The van der Waals surface area contributed by atoms with Crippen LogP contribution in [0.3, 0.4) is 0 Å². The molecular weight excluding hydrogens is 398 g/mol. The minimum Gasteiger partial charge on any atom is -0.493 e. The van der Waals surface area contributed by atoms with Crippen LogP contribution < -0.4 is 4.74 Å². The van der Waals surface area contributed by atoms with Crippen LogP contribution in [0.25, 0.3) is 10.8 Å². The monoisotopic (exact) mass is 423 g/mol. The quantitative estimate of drug-likeness (QED) is 0.561. The first-order chi connectivity index (χ1) is 13.8. The van der Waals surface area contributed by atoms with Crippen LogP contribution >= 0.6 is 11.6 Å². The highest BCUT2D eigenvalue weighted by atomic mass is 35.5. The zero-order valence-electron chi connectivity index (χ0n) is 16.5. The molecule has 0 spiro atoms. The van der Waals surface area contributed by atoms with Gasteiger partial charge in [-0.25, -0.2) is 9.59 Å². The Labute approximate surface area is 174 Å². The van der Waals surface area contributed by atoms with Crippen LogP contribution in [0.4, 0.5) is 0 Å². The Bertz CT molecular complexity index is 821. The number of benzene rings is 2. The molecule has 2 N–H and O–H groups in total. The third-order valence-electron chi connectivity index (χ3n) is 4.39. The summed E-state index contributed by atoms with van der Waals surface area (Å²) in [4.78, 5) is 20.7. The van der Waals surface area contributed by atoms with E-state index in [4.69, 9.17) is 40.9 Å². The minimum atomic E-state index is -1.82. The second kappa shape index (κ2) is 11.0. The number of carbonyl (C=O) groups is 2. The number of ether oxygens (including phenoxy) is 2. The fourth-order valence-electron chi connectivity index (χ4n) is 3.30. The molecule has 158 valence electrons. The van der Waals surface area contributed by atoms with Gasteiger partial charge in [-0.2, -0.15) is 0 Å². The van der Waals surface area contributed by atoms with E-state index in [2.05, 4.69) is 24.8 Å². The van der Waals surface area contributed by atoms with Gasteiger partial charge in [0.05, 0.1) is 18.8 Å². The van der Waals surface area contributed by atoms with Crippen molar-refractivity contribution < 1.29 is 29.3 Å². The van der Waals surface area contributed by atoms with Crippen LogP contribution in [0.2, 0.25) is 5.02 Å². The Hall–Kier alpha value is -2.35. The van der Waals surface area contributed by atoms with Crippen LogP contribution in [0.5, 0.6) is 5.75 Å². The first-order valence-electron chi connectivity index (χ1n) is 9.42. The molecule has 0 aliphatic carbocycles. The lowest BCUT2D eigenvalue weighted by Gasteiger charge is -2.35. The SMILES string of the molecule is CC1CN(CCCOc2ccc(Cl)c3ccccc23)CC(C)O1.O=C(O)C(=O)O. The second-order valence-electron chi connectivity index (χ2n) is 6.92. The summed E-state index contributed by atoms with van der Waals surface area (Å²) in [7, 11) is 0. The smallest absolute Gasteiger partial charge is 0.414 e. The van der Waals surface area contributed by atoms with Gasteiger partial charge in [0.2, 0.25) is 0 Å². The molecule has 1 aliphatic rings. The Balaban J connectivity index is 0.000000438. The van der Waals surface area contributed by atoms with Gasteiger partial charge in [0, 0.05) is 35.4 Å². The fourth-order valence-corrected chi connectivity index (χ4v) is 3.53. The summed E-state index contributed by atoms with van der Waals surface area (Å²) in [6.07, 6.45) is 1.65. The van der Waals surface area contributed by atoms with Crippen LogP contribution in [0.1, 0.15) is 20.3 Å². The van der Waals surface area contributed by atoms with E-state index in [1.165, 1.54) is 0 Å². The van der Waals surface area contributed by atoms with Crippen LogP contribution in [-0.2, 0) is 14.3 Å². The number of rotatable bonds is 5. The lowest BCUT2D eigenvalue weighted by Crippen LogP contribution is -2.45. The molecular formula is C21H26ClNO6. The summed E-state index contributed by atoms with van der Waals surface area (Å²) in [6, 6.07) is 12.0. The predicted molar refractivity (Wildman–Crippen MR) is 111 cm³/mol. The summed E-state index contributed by atoms with van der Waals surface area (Å²) < 4.78 is 11.8. The number of halogens is 1. The maximum atomic E-state index is 9.10. The molecule has 7 nitrogen and oxygen atoms in total. The van der Waals surface area contributed by atoms with E-state index in [1.54, 1.807) is 0 Å². The van der Waals surface area contributed by atoms with Gasteiger partial charge in [-0.3, -0.25) is 4.90 Å². The molecule has 2 aromatic rings. The Morgan fingerprint density at radius 1 is 1.07 bits per heavy atom. The normalized spacial score (nSPS) is 19.3. The van der Waals surface area contributed by atoms with E-state index < -0.39 is 11.9 Å². The second-order valence-corrected chi connectivity index (χ2v) is 7.33. The van der Waals surface area contributed by atoms with Crippen molar-refractivity contribution in [1.82, 2.24) is 4.90 Å². The summed E-state index contributed by atoms with van der Waals surface area (Å²) in [5, 5.41) is 17.7. The first kappa shape index (κ1) is 22.9. The van der Waals surface area contributed by atoms with E-state index >= 15 is 0 Å². The van der Waals surface area contributed by atoms with E-state index in [0.717, 1.165) is 47.6 Å². The summed E-state index contributed by atoms with van der Waals surface area (Å²) >= 11 is 6.25. The first-order valence-corrected chi connectivity index (χ1v) is 9.79. The maximum Gasteiger partial charge on any atom is 0.414 e. The number of hydrogen-bond donors (Lipinski definition) is 2. The summed E-state index contributed by atoms with van der Waals surface area (Å²) in [6.45, 7) is 8.05. The maximum absolute atomic E-state index is 9.10. The van der Waals surface area contributed by atoms with Crippen molar-refractivity contribution in [3.63, 3.8) is 0 Å². The molecule has 1 fully saturated rings. The van der Waals surface area contributed by atoms with Gasteiger partial charge in [-0.1, -0.05) is 35.9 Å². The fraction of sp³-hybridized carbons (Fsp3) is 0.429. The van der Waals surface area contributed by atoms with Crippen LogP contribution in [0.15, 0.2) is 36.4 Å². The average Bonchev–Trinajstić information content (AvgIpc) is 2.66. The van der Waals surface area contributed by atoms with Gasteiger partial charge in [0.15, 0.2) is 0 Å². The minimum absolute atomic E-state index is 0.319. The number of aliphatic carboxylic acids is 2. The lowest BCUT2D eigenvalue weighted by molar-refractivity contribution is -0.159. The van der Waals surface area contributed by atoms with Gasteiger partial charge >= 0.3 is 11.9 Å². The van der Waals surface area contributed by atoms with E-state index in [9.17, 15) is 0 Å². The van der Waals surface area contributed by atoms with Crippen LogP contribution in [-0.4, -0.2) is 65.5 Å². The molecule has 0 radical (unpaired) electrons. The van der Waals surface area contributed by atoms with Crippen molar-refractivity contribution in [3.05, 3.63) is 41.4 Å². The molecule has 2 atom stereocenters. The van der Waals surface area contributed by atoms with Crippen molar-refractivity contribution in [3.8, 4) is 5.75 Å². The molecule has 0 aromatic heterocycles. The predicted octanol–water partition coefficient (Wildman–Crippen LogP) is 3.53. The molecule has 0 amide bonds. The number of carboxylic acid groups (broad SMARTS) is 2. The highest BCUT2D eigenvalue weighted by molar-refractivity contribution is 6.35. The molecule has 0 bridgehead atoms. The highest BCUT2D eigenvalue weighted by Crippen LogP contribution is 2.31. The van der Waals surface area contributed by atoms with Crippen molar-refractivity contribution >= 4 is 34.3 Å². The average molecular weight is 424 g/mol. The van der Waals surface area contributed by atoms with Gasteiger partial charge in [0.25, 0.3) is 0 Å². The zero-order chi connectivity index (χ0) is 21.4. The topological polar surface area (TPSA) is 96.3 Å². The van der Waals surface area contributed by atoms with Crippen molar-refractivity contribution in [2.45, 2.75) is 32.5 Å². The molecule has 0 saturated carbocycles. The van der Waals surface area contributed by atoms with Gasteiger partial charge in [-0.15, -0.1) is 0 Å².